The highest BCUT2D eigenvalue weighted by Crippen LogP contribution is 2.38. The first kappa shape index (κ1) is 15.3. The van der Waals surface area contributed by atoms with Gasteiger partial charge in [0.05, 0.1) is 5.56 Å². The second-order valence-electron chi connectivity index (χ2n) is 6.01. The average molecular weight is 312 g/mol. The van der Waals surface area contributed by atoms with Gasteiger partial charge in [-0.15, -0.1) is 0 Å². The normalized spacial score (nSPS) is 13.8. The Hall–Kier alpha value is -2.56. The van der Waals surface area contributed by atoms with Crippen LogP contribution in [0.2, 0.25) is 0 Å². The van der Waals surface area contributed by atoms with Gasteiger partial charge < -0.3 is 15.0 Å². The molecule has 0 saturated heterocycles. The molecule has 23 heavy (non-hydrogen) atoms. The van der Waals surface area contributed by atoms with Gasteiger partial charge in [-0.05, 0) is 57.0 Å². The van der Waals surface area contributed by atoms with Crippen molar-refractivity contribution in [3.05, 3.63) is 52.8 Å². The monoisotopic (exact) mass is 312 g/mol. The van der Waals surface area contributed by atoms with Crippen LogP contribution in [0.15, 0.2) is 30.3 Å². The van der Waals surface area contributed by atoms with Crippen LogP contribution in [-0.4, -0.2) is 22.9 Å². The van der Waals surface area contributed by atoms with Crippen molar-refractivity contribution >= 4 is 17.4 Å². The highest BCUT2D eigenvalue weighted by atomic mass is 16.5. The fraction of sp³-hybridized carbons (Fsp3) is 0.333. The van der Waals surface area contributed by atoms with Crippen LogP contribution >= 0.6 is 0 Å². The molecule has 1 saturated carbocycles. The number of aromatic nitrogens is 1. The maximum Gasteiger partial charge on any atom is 0.338 e. The van der Waals surface area contributed by atoms with Crippen LogP contribution in [0.1, 0.15) is 51.0 Å². The summed E-state index contributed by atoms with van der Waals surface area (Å²) in [4.78, 5) is 24.3. The molecule has 1 aliphatic rings. The second kappa shape index (κ2) is 5.91. The van der Waals surface area contributed by atoms with Crippen LogP contribution in [0, 0.1) is 13.8 Å². The minimum Gasteiger partial charge on any atom is -0.454 e. The Labute approximate surface area is 135 Å². The quantitative estimate of drug-likeness (QED) is 0.523. The summed E-state index contributed by atoms with van der Waals surface area (Å²) in [7, 11) is 0. The van der Waals surface area contributed by atoms with E-state index in [1.165, 1.54) is 0 Å². The Morgan fingerprint density at radius 3 is 2.48 bits per heavy atom. The summed E-state index contributed by atoms with van der Waals surface area (Å²) in [6.07, 6.45) is 2.33. The first-order chi connectivity index (χ1) is 11.0. The average Bonchev–Trinajstić information content (AvgIpc) is 3.31. The largest absolute Gasteiger partial charge is 0.454 e. The second-order valence-corrected chi connectivity index (χ2v) is 6.01. The van der Waals surface area contributed by atoms with E-state index in [0.717, 1.165) is 24.2 Å². The number of nitrogens with zero attached hydrogens (tertiary/aromatic N) is 1. The summed E-state index contributed by atoms with van der Waals surface area (Å²) in [5.41, 5.74) is 9.21. The molecule has 3 rings (SSSR count). The maximum absolute atomic E-state index is 12.4. The van der Waals surface area contributed by atoms with Crippen molar-refractivity contribution in [2.45, 2.75) is 32.7 Å². The minimum atomic E-state index is -0.519. The highest BCUT2D eigenvalue weighted by molar-refractivity contribution is 6.00. The molecule has 120 valence electrons. The number of aryl methyl sites for hydroxylation is 1. The van der Waals surface area contributed by atoms with Crippen LogP contribution in [0.5, 0.6) is 0 Å². The van der Waals surface area contributed by atoms with E-state index in [-0.39, 0.29) is 12.4 Å². The number of esters is 1. The first-order valence-electron chi connectivity index (χ1n) is 7.71. The molecule has 0 spiro atoms. The van der Waals surface area contributed by atoms with Crippen LogP contribution in [-0.2, 0) is 4.74 Å². The number of benzene rings is 1. The van der Waals surface area contributed by atoms with Crippen molar-refractivity contribution in [1.82, 2.24) is 4.57 Å². The number of carbonyl (C=O) groups excluding carboxylic acids is 2. The molecule has 1 aromatic carbocycles. The standard InChI is InChI=1S/C18H20N2O3/c1-11-9-16(12(2)20(11)15-7-8-15)17(21)10-23-18(22)13-3-5-14(19)6-4-13/h3-6,9,15H,7-8,10,19H2,1-2H3. The fourth-order valence-corrected chi connectivity index (χ4v) is 2.87. The number of hydrogen-bond donors (Lipinski definition) is 1. The van der Waals surface area contributed by atoms with Gasteiger partial charge in [-0.3, -0.25) is 4.79 Å². The third-order valence-corrected chi connectivity index (χ3v) is 4.18. The first-order valence-corrected chi connectivity index (χ1v) is 7.71. The summed E-state index contributed by atoms with van der Waals surface area (Å²) in [5, 5.41) is 0. The Balaban J connectivity index is 1.66. The van der Waals surface area contributed by atoms with Gasteiger partial charge in [-0.1, -0.05) is 0 Å². The number of Topliss-reactive ketones (excluding diaryl/α,β-unsaturated/α-hetero) is 1. The number of nitrogens with two attached hydrogens (primary N) is 1. The predicted molar refractivity (Wildman–Crippen MR) is 87.6 cm³/mol. The highest BCUT2D eigenvalue weighted by Gasteiger charge is 2.28. The van der Waals surface area contributed by atoms with Gasteiger partial charge >= 0.3 is 5.97 Å². The van der Waals surface area contributed by atoms with Gasteiger partial charge in [-0.25, -0.2) is 4.79 Å². The molecule has 0 amide bonds. The number of ether oxygens (including phenoxy) is 1. The molecule has 2 aromatic rings. The lowest BCUT2D eigenvalue weighted by Gasteiger charge is -2.08. The van der Waals surface area contributed by atoms with Gasteiger partial charge in [0.1, 0.15) is 0 Å². The van der Waals surface area contributed by atoms with E-state index < -0.39 is 5.97 Å². The molecule has 0 bridgehead atoms. The third-order valence-electron chi connectivity index (χ3n) is 4.18. The molecule has 0 aliphatic heterocycles. The Morgan fingerprint density at radius 1 is 1.22 bits per heavy atom. The SMILES string of the molecule is Cc1cc(C(=O)COC(=O)c2ccc(N)cc2)c(C)n1C1CC1. The molecule has 1 heterocycles. The van der Waals surface area contributed by atoms with Crippen molar-refractivity contribution in [3.63, 3.8) is 0 Å². The van der Waals surface area contributed by atoms with Crippen LogP contribution in [0.4, 0.5) is 5.69 Å². The summed E-state index contributed by atoms with van der Waals surface area (Å²) in [6.45, 7) is 3.70. The lowest BCUT2D eigenvalue weighted by atomic mass is 10.1. The van der Waals surface area contributed by atoms with E-state index in [2.05, 4.69) is 4.57 Å². The Morgan fingerprint density at radius 2 is 1.87 bits per heavy atom. The molecule has 2 N–H and O–H groups in total. The summed E-state index contributed by atoms with van der Waals surface area (Å²) >= 11 is 0. The van der Waals surface area contributed by atoms with Gasteiger partial charge in [0.25, 0.3) is 0 Å². The third kappa shape index (κ3) is 3.13. The Bertz CT molecular complexity index is 755. The fourth-order valence-electron chi connectivity index (χ4n) is 2.87. The maximum atomic E-state index is 12.4. The zero-order chi connectivity index (χ0) is 16.6. The molecule has 1 aliphatic carbocycles. The van der Waals surface area contributed by atoms with Crippen LogP contribution < -0.4 is 5.73 Å². The predicted octanol–water partition coefficient (Wildman–Crippen LogP) is 3.06. The zero-order valence-corrected chi connectivity index (χ0v) is 13.3. The Kier molecular flexibility index (Phi) is 3.94. The van der Waals surface area contributed by atoms with Crippen molar-refractivity contribution in [2.75, 3.05) is 12.3 Å². The molecule has 1 aromatic heterocycles. The van der Waals surface area contributed by atoms with E-state index in [0.29, 0.717) is 22.9 Å². The lowest BCUT2D eigenvalue weighted by molar-refractivity contribution is 0.0474. The van der Waals surface area contributed by atoms with E-state index in [4.69, 9.17) is 10.5 Å². The van der Waals surface area contributed by atoms with Crippen molar-refractivity contribution in [2.24, 2.45) is 0 Å². The molecule has 0 unspecified atom stereocenters. The molecular weight excluding hydrogens is 292 g/mol. The number of ketones is 1. The van der Waals surface area contributed by atoms with E-state index in [9.17, 15) is 9.59 Å². The number of carbonyl (C=O) groups is 2. The van der Waals surface area contributed by atoms with Gasteiger partial charge in [0.2, 0.25) is 5.78 Å². The van der Waals surface area contributed by atoms with Crippen molar-refractivity contribution in [3.8, 4) is 0 Å². The molecule has 5 heteroatoms. The van der Waals surface area contributed by atoms with E-state index in [1.54, 1.807) is 24.3 Å². The van der Waals surface area contributed by atoms with Crippen molar-refractivity contribution < 1.29 is 14.3 Å². The summed E-state index contributed by atoms with van der Waals surface area (Å²) in [5.74, 6) is -0.692. The molecular formula is C18H20N2O3. The van der Waals surface area contributed by atoms with Crippen molar-refractivity contribution in [1.29, 1.82) is 0 Å². The van der Waals surface area contributed by atoms with Gasteiger partial charge in [-0.2, -0.15) is 0 Å². The number of anilines is 1. The van der Waals surface area contributed by atoms with E-state index in [1.807, 2.05) is 19.9 Å². The number of hydrogen-bond acceptors (Lipinski definition) is 4. The smallest absolute Gasteiger partial charge is 0.338 e. The molecule has 1 fully saturated rings. The van der Waals surface area contributed by atoms with Gasteiger partial charge in [0.15, 0.2) is 6.61 Å². The molecule has 0 radical (unpaired) electrons. The number of nitrogen functional groups attached to an aromatic ring is 1. The lowest BCUT2D eigenvalue weighted by Crippen LogP contribution is -2.15. The summed E-state index contributed by atoms with van der Waals surface area (Å²) < 4.78 is 7.33. The number of rotatable bonds is 5. The minimum absolute atomic E-state index is 0.172. The summed E-state index contributed by atoms with van der Waals surface area (Å²) in [6, 6.07) is 8.83. The zero-order valence-electron chi connectivity index (χ0n) is 13.3. The van der Waals surface area contributed by atoms with Crippen LogP contribution in [0.3, 0.4) is 0 Å². The topological polar surface area (TPSA) is 74.3 Å². The molecule has 0 atom stereocenters. The van der Waals surface area contributed by atoms with Crippen LogP contribution in [0.25, 0.3) is 0 Å². The van der Waals surface area contributed by atoms with E-state index >= 15 is 0 Å². The van der Waals surface area contributed by atoms with Gasteiger partial charge in [0, 0.05) is 28.7 Å². The molecule has 5 nitrogen and oxygen atoms in total.